The predicted molar refractivity (Wildman–Crippen MR) is 86.2 cm³/mol. The number of nitrogens with one attached hydrogen (secondary N) is 2. The molecule has 0 radical (unpaired) electrons. The second kappa shape index (κ2) is 6.23. The van der Waals surface area contributed by atoms with Gasteiger partial charge in [0.15, 0.2) is 0 Å². The average Bonchev–Trinajstić information content (AvgIpc) is 3.21. The smallest absolute Gasteiger partial charge is 0.141 e. The fraction of sp³-hybridized carbons (Fsp3) is 0.562. The maximum atomic E-state index is 12.2. The topological polar surface area (TPSA) is 70.9 Å². The van der Waals surface area contributed by atoms with Crippen LogP contribution in [0.4, 0.5) is 4.39 Å². The molecule has 3 aromatic heterocycles. The largest absolute Gasteiger partial charge is 0.346 e. The number of halogens is 1. The Balaban J connectivity index is 1.53. The Morgan fingerprint density at radius 2 is 2.17 bits per heavy atom. The van der Waals surface area contributed by atoms with Gasteiger partial charge in [-0.05, 0) is 44.2 Å². The highest BCUT2D eigenvalue weighted by atomic mass is 19.1. The minimum atomic E-state index is -0.289. The summed E-state index contributed by atoms with van der Waals surface area (Å²) < 4.78 is 13.9. The van der Waals surface area contributed by atoms with E-state index >= 15 is 0 Å². The highest BCUT2D eigenvalue weighted by Crippen LogP contribution is 2.37. The number of alkyl halides is 1. The van der Waals surface area contributed by atoms with E-state index in [4.69, 9.17) is 0 Å². The molecule has 0 spiro atoms. The van der Waals surface area contributed by atoms with Crippen molar-refractivity contribution in [2.75, 3.05) is 19.8 Å². The summed E-state index contributed by atoms with van der Waals surface area (Å²) in [5.41, 5.74) is 3.05. The first-order valence-electron chi connectivity index (χ1n) is 8.30. The monoisotopic (exact) mass is 316 g/mol. The first-order valence-corrected chi connectivity index (χ1v) is 8.30. The Morgan fingerprint density at radius 1 is 1.30 bits per heavy atom. The number of aromatic amines is 1. The third-order valence-electron chi connectivity index (χ3n) is 4.93. The van der Waals surface area contributed by atoms with E-state index in [2.05, 4.69) is 25.6 Å². The van der Waals surface area contributed by atoms with Crippen LogP contribution in [0, 0.1) is 5.92 Å². The molecule has 6 nitrogen and oxygen atoms in total. The highest BCUT2D eigenvalue weighted by Gasteiger charge is 2.26. The van der Waals surface area contributed by atoms with Crippen LogP contribution in [0.3, 0.4) is 0 Å². The van der Waals surface area contributed by atoms with Crippen molar-refractivity contribution < 1.29 is 4.39 Å². The molecule has 0 aliphatic heterocycles. The number of nitrogens with zero attached hydrogens (tertiary/aromatic N) is 4. The molecule has 7 heteroatoms. The van der Waals surface area contributed by atoms with Gasteiger partial charge in [-0.2, -0.15) is 0 Å². The second-order valence-corrected chi connectivity index (χ2v) is 6.36. The zero-order valence-corrected chi connectivity index (χ0v) is 13.0. The molecule has 1 aliphatic carbocycles. The summed E-state index contributed by atoms with van der Waals surface area (Å²) in [6.07, 6.45) is 8.17. The number of aromatic nitrogens is 5. The lowest BCUT2D eigenvalue weighted by atomic mass is 9.80. The molecule has 0 bridgehead atoms. The van der Waals surface area contributed by atoms with Gasteiger partial charge >= 0.3 is 0 Å². The van der Waals surface area contributed by atoms with Crippen molar-refractivity contribution in [2.45, 2.75) is 31.6 Å². The van der Waals surface area contributed by atoms with Crippen LogP contribution in [-0.2, 0) is 0 Å². The Bertz CT molecular complexity index is 786. The Kier molecular flexibility index (Phi) is 3.95. The fourth-order valence-electron chi connectivity index (χ4n) is 3.71. The molecule has 1 saturated carbocycles. The van der Waals surface area contributed by atoms with Crippen LogP contribution in [0.15, 0.2) is 18.6 Å². The molecule has 1 aliphatic rings. The molecule has 0 unspecified atom stereocenters. The first-order chi connectivity index (χ1) is 11.4. The van der Waals surface area contributed by atoms with Crippen molar-refractivity contribution in [3.05, 3.63) is 24.3 Å². The molecule has 0 atom stereocenters. The van der Waals surface area contributed by atoms with E-state index in [1.54, 1.807) is 10.8 Å². The number of fused-ring (bicyclic) bond motifs is 3. The molecule has 3 heterocycles. The number of H-pyrrole nitrogens is 1. The molecule has 122 valence electrons. The molecule has 2 N–H and O–H groups in total. The van der Waals surface area contributed by atoms with E-state index in [1.165, 1.54) is 0 Å². The maximum absolute atomic E-state index is 12.2. The standard InChI is InChI=1S/C16H21FN6/c17-6-8-18-9-11-1-3-12(4-2-11)14-15-13-5-7-19-16(13)20-10-23(15)22-21-14/h5,7,10-12,18-19H,1-4,6,8-9H2. The van der Waals surface area contributed by atoms with Gasteiger partial charge in [-0.25, -0.2) is 13.9 Å². The summed E-state index contributed by atoms with van der Waals surface area (Å²) in [5.74, 6) is 1.10. The zero-order valence-electron chi connectivity index (χ0n) is 13.0. The van der Waals surface area contributed by atoms with Crippen LogP contribution in [0.1, 0.15) is 37.3 Å². The minimum Gasteiger partial charge on any atom is -0.346 e. The normalized spacial score (nSPS) is 22.1. The fourth-order valence-corrected chi connectivity index (χ4v) is 3.71. The molecule has 0 aromatic carbocycles. The lowest BCUT2D eigenvalue weighted by Crippen LogP contribution is -2.27. The molecule has 23 heavy (non-hydrogen) atoms. The summed E-state index contributed by atoms with van der Waals surface area (Å²) >= 11 is 0. The Hall–Kier alpha value is -2.02. The third kappa shape index (κ3) is 2.69. The summed E-state index contributed by atoms with van der Waals surface area (Å²) in [6, 6.07) is 2.04. The van der Waals surface area contributed by atoms with Crippen molar-refractivity contribution in [1.82, 2.24) is 30.1 Å². The lowest BCUT2D eigenvalue weighted by molar-refractivity contribution is 0.308. The number of rotatable bonds is 5. The Morgan fingerprint density at radius 3 is 3.00 bits per heavy atom. The third-order valence-corrected chi connectivity index (χ3v) is 4.93. The molecule has 1 fully saturated rings. The second-order valence-electron chi connectivity index (χ2n) is 6.36. The van der Waals surface area contributed by atoms with Crippen molar-refractivity contribution in [3.8, 4) is 0 Å². The van der Waals surface area contributed by atoms with Gasteiger partial charge in [-0.3, -0.25) is 0 Å². The molecular formula is C16H21FN6. The van der Waals surface area contributed by atoms with Gasteiger partial charge in [0.25, 0.3) is 0 Å². The van der Waals surface area contributed by atoms with Gasteiger partial charge in [0.2, 0.25) is 0 Å². The van der Waals surface area contributed by atoms with Crippen LogP contribution in [0.5, 0.6) is 0 Å². The van der Waals surface area contributed by atoms with Gasteiger partial charge in [0.1, 0.15) is 24.2 Å². The molecule has 3 aromatic rings. The number of hydrogen-bond donors (Lipinski definition) is 2. The van der Waals surface area contributed by atoms with Gasteiger partial charge in [-0.1, -0.05) is 5.21 Å². The first kappa shape index (κ1) is 14.6. The summed E-state index contributed by atoms with van der Waals surface area (Å²) in [4.78, 5) is 7.50. The Labute approximate surface area is 133 Å². The van der Waals surface area contributed by atoms with Gasteiger partial charge in [-0.15, -0.1) is 5.10 Å². The molecular weight excluding hydrogens is 295 g/mol. The molecule has 0 saturated heterocycles. The van der Waals surface area contributed by atoms with Crippen LogP contribution in [-0.4, -0.2) is 44.6 Å². The SMILES string of the molecule is FCCNCC1CCC(c2nnn3cnc4[nH]ccc4c23)CC1. The predicted octanol–water partition coefficient (Wildman–Crippen LogP) is 2.44. The average molecular weight is 316 g/mol. The molecule has 0 amide bonds. The van der Waals surface area contributed by atoms with E-state index in [9.17, 15) is 4.39 Å². The van der Waals surface area contributed by atoms with Gasteiger partial charge < -0.3 is 10.3 Å². The van der Waals surface area contributed by atoms with Gasteiger partial charge in [0.05, 0.1) is 5.69 Å². The highest BCUT2D eigenvalue weighted by molar-refractivity contribution is 5.92. The lowest BCUT2D eigenvalue weighted by Gasteiger charge is -2.27. The van der Waals surface area contributed by atoms with E-state index in [1.807, 2.05) is 12.3 Å². The van der Waals surface area contributed by atoms with E-state index in [-0.39, 0.29) is 6.67 Å². The van der Waals surface area contributed by atoms with Crippen LogP contribution in [0.2, 0.25) is 0 Å². The van der Waals surface area contributed by atoms with E-state index < -0.39 is 0 Å². The minimum absolute atomic E-state index is 0.289. The van der Waals surface area contributed by atoms with Crippen molar-refractivity contribution in [1.29, 1.82) is 0 Å². The maximum Gasteiger partial charge on any atom is 0.141 e. The van der Waals surface area contributed by atoms with Crippen molar-refractivity contribution >= 4 is 16.6 Å². The van der Waals surface area contributed by atoms with Gasteiger partial charge in [0, 0.05) is 24.0 Å². The zero-order chi connectivity index (χ0) is 15.6. The quantitative estimate of drug-likeness (QED) is 0.709. The van der Waals surface area contributed by atoms with Crippen molar-refractivity contribution in [3.63, 3.8) is 0 Å². The van der Waals surface area contributed by atoms with E-state index in [0.717, 1.165) is 54.5 Å². The van der Waals surface area contributed by atoms with Crippen LogP contribution in [0.25, 0.3) is 16.6 Å². The van der Waals surface area contributed by atoms with Crippen LogP contribution >= 0.6 is 0 Å². The van der Waals surface area contributed by atoms with Crippen LogP contribution < -0.4 is 5.32 Å². The summed E-state index contributed by atoms with van der Waals surface area (Å²) in [5, 5.41) is 13.0. The summed E-state index contributed by atoms with van der Waals surface area (Å²) in [7, 11) is 0. The van der Waals surface area contributed by atoms with E-state index in [0.29, 0.717) is 18.4 Å². The van der Waals surface area contributed by atoms with Crippen molar-refractivity contribution in [2.24, 2.45) is 5.92 Å². The molecule has 4 rings (SSSR count). The summed E-state index contributed by atoms with van der Waals surface area (Å²) in [6.45, 7) is 1.10. The number of hydrogen-bond acceptors (Lipinski definition) is 4.